The Bertz CT molecular complexity index is 4230. The Labute approximate surface area is 667 Å². The third-order valence-corrected chi connectivity index (χ3v) is 15.7. The van der Waals surface area contributed by atoms with Crippen LogP contribution < -0.4 is 36.8 Å². The number of carboxylic acids is 2. The summed E-state index contributed by atoms with van der Waals surface area (Å²) in [5.41, 5.74) is 23.8. The summed E-state index contributed by atoms with van der Waals surface area (Å²) in [4.78, 5) is 128. The van der Waals surface area contributed by atoms with Crippen molar-refractivity contribution in [3.8, 4) is 0 Å². The third kappa shape index (κ3) is 36.7. The van der Waals surface area contributed by atoms with Gasteiger partial charge >= 0.3 is 0 Å². The van der Waals surface area contributed by atoms with Crippen molar-refractivity contribution < 1.29 is 88.8 Å². The average Bonchev–Trinajstić information content (AvgIpc) is 1.63. The van der Waals surface area contributed by atoms with Gasteiger partial charge in [-0.2, -0.15) is 0 Å². The summed E-state index contributed by atoms with van der Waals surface area (Å²) < 4.78 is 0. The van der Waals surface area contributed by atoms with E-state index in [9.17, 15) is 74.5 Å². The fraction of sp³-hybridized carbons (Fsp3) is 0.365. The number of non-ortho nitro benzene ring substituents is 5. The van der Waals surface area contributed by atoms with Crippen molar-refractivity contribution in [1.82, 2.24) is 0 Å². The zero-order chi connectivity index (χ0) is 82.4. The number of halogens is 3. The van der Waals surface area contributed by atoms with E-state index >= 15 is 0 Å². The molecular weight excluding hydrogens is 1620 g/mol. The number of nitrogens with zero attached hydrogens (tertiary/aromatic N) is 8. The molecule has 9 rings (SSSR count). The van der Waals surface area contributed by atoms with Gasteiger partial charge in [0.05, 0.1) is 41.7 Å². The van der Waals surface area contributed by atoms with Crippen molar-refractivity contribution in [2.45, 2.75) is 148 Å². The van der Waals surface area contributed by atoms with Gasteiger partial charge in [-0.3, -0.25) is 84.1 Å². The van der Waals surface area contributed by atoms with E-state index in [0.29, 0.717) is 41.5 Å². The number of aryl methyl sites for hydroxylation is 3. The molecule has 4 amide bonds. The summed E-state index contributed by atoms with van der Waals surface area (Å²) in [5, 5.41) is 73.8. The summed E-state index contributed by atoms with van der Waals surface area (Å²) in [6, 6.07) is 28.8. The molecular formula is C74H99BrCl2N12O19Pd. The van der Waals surface area contributed by atoms with Gasteiger partial charge < -0.3 is 47.0 Å². The number of fused-ring (bicyclic) bond motifs is 3. The van der Waals surface area contributed by atoms with E-state index in [4.69, 9.17) is 31.3 Å². The minimum atomic E-state index is -0.833. The first-order valence-corrected chi connectivity index (χ1v) is 33.4. The number of allylic oxidation sites excluding steroid dienone is 1. The second-order valence-electron chi connectivity index (χ2n) is 26.1. The molecule has 0 atom stereocenters. The molecule has 109 heavy (non-hydrogen) atoms. The topological polar surface area (TPSA) is 461 Å². The number of carboxylic acid groups (broad SMARTS) is 2. The molecule has 3 aliphatic heterocycles. The number of nitrogens with two attached hydrogens (primary N) is 2. The number of benzene rings is 6. The number of aliphatic carboxylic acids is 2. The summed E-state index contributed by atoms with van der Waals surface area (Å²) in [6.45, 7) is 41.0. The van der Waals surface area contributed by atoms with Crippen molar-refractivity contribution in [3.63, 3.8) is 0 Å². The van der Waals surface area contributed by atoms with Crippen molar-refractivity contribution >= 4 is 149 Å². The molecule has 6 aromatic carbocycles. The number of nitro groups is 5. The Hall–Kier alpha value is -10.6. The third-order valence-electron chi connectivity index (χ3n) is 14.7. The van der Waals surface area contributed by atoms with E-state index in [-0.39, 0.29) is 119 Å². The molecule has 0 bridgehead atoms. The number of hydrogen-bond donors (Lipinski definition) is 6. The molecule has 0 radical (unpaired) electrons. The van der Waals surface area contributed by atoms with Crippen LogP contribution in [0.25, 0.3) is 0 Å². The maximum atomic E-state index is 11.6. The number of nitro benzene ring substituents is 5. The fourth-order valence-corrected chi connectivity index (χ4v) is 9.69. The van der Waals surface area contributed by atoms with Gasteiger partial charge in [-0.25, -0.2) is 0 Å². The molecule has 35 heteroatoms. The first kappa shape index (κ1) is 105. The Morgan fingerprint density at radius 1 is 0.550 bits per heavy atom. The van der Waals surface area contributed by atoms with Gasteiger partial charge in [-0.1, -0.05) is 113 Å². The maximum Gasteiger partial charge on any atom is 0.300 e. The smallest absolute Gasteiger partial charge is 0.300 e. The van der Waals surface area contributed by atoms with E-state index in [2.05, 4.69) is 79.0 Å². The monoisotopic (exact) mass is 1710 g/mol. The number of hydrogen-bond acceptors (Lipinski definition) is 20. The standard InChI is InChI=1S/C13H16N2O3.C12H14N2O3.C12H16N2O.C10H12N2O2.C9H10N2O3.C7H8N2O2.C4H7Br.C2H3ClO.2C2H4O2.CH4.ClH.Pd/c1-9(2)8-14(11(4)16)13-7-12(15(17)18)6-5-10(13)3;1-8(15)13-7-12(2,3)10-5-4-9(14(16)17)6-11(10)13;1-8(15)14-7-12(2,3)10-5-4-9(13)6-11(10)14;1-10(2)6-11-9-5-7(12(13)14)3-4-8(9)10;1-6-3-4-8(11(13)14)5-9(6)10-7(2)12;1-5-2-3-6(9(10)11)4-7(5)8;1-4(2)3-5;3*1-2(3)4;;;/h5-7H,1,8H2,2-4H3;4-6H,7H2,1-3H3;4-6H,7,13H2,1-3H3;3-5,11H,6H2,1-2H3;3-5H,1-2H3,(H,10,12);2-4H,8H2,1H3;1,3H2,2H3;1H3;2*1H3,(H,3,4);1H4;1H;. The molecule has 0 fully saturated rings. The number of alkyl halides is 1. The Kier molecular flexibility index (Phi) is 46.1. The molecule has 6 aromatic rings. The molecule has 0 unspecified atom stereocenters. The van der Waals surface area contributed by atoms with Crippen molar-refractivity contribution in [2.24, 2.45) is 0 Å². The van der Waals surface area contributed by atoms with Gasteiger partial charge in [0, 0.05) is 200 Å². The van der Waals surface area contributed by atoms with Gasteiger partial charge in [-0.15, -0.1) is 12.4 Å². The molecule has 3 heterocycles. The maximum absolute atomic E-state index is 11.6. The first-order chi connectivity index (χ1) is 48.6. The Morgan fingerprint density at radius 2 is 0.890 bits per heavy atom. The predicted molar refractivity (Wildman–Crippen MR) is 431 cm³/mol. The molecule has 600 valence electrons. The number of rotatable bonds is 10. The van der Waals surface area contributed by atoms with E-state index in [0.717, 1.165) is 77.0 Å². The van der Waals surface area contributed by atoms with Crippen LogP contribution in [0.1, 0.15) is 145 Å². The summed E-state index contributed by atoms with van der Waals surface area (Å²) in [7, 11) is 0. The SMILES string of the molecule is C.C=C(C)CBr.C=C(C)CN(C(C)=O)c1cc([N+](=O)[O-])ccc1C.CC(=O)Cl.CC(=O)N1CC(C)(C)c2ccc(N)cc21.CC(=O)N1CC(C)(C)c2ccc([N+](=O)[O-])cc21.CC(=O)Nc1cc([N+](=O)[O-])ccc1C.CC(=O)O.CC(=O)O.CC1(C)CNc2cc([N+](=O)[O-])ccc21.Cc1ccc([N+](=O)[O-])cc1N.Cl.[Pd]. The number of nitrogens with one attached hydrogen (secondary N) is 2. The minimum absolute atomic E-state index is 0. The summed E-state index contributed by atoms with van der Waals surface area (Å²) in [5.74, 6) is -2.08. The van der Waals surface area contributed by atoms with E-state index < -0.39 is 31.6 Å². The number of amides is 4. The van der Waals surface area contributed by atoms with Crippen LogP contribution in [0.2, 0.25) is 0 Å². The van der Waals surface area contributed by atoms with Gasteiger partial charge in [-0.05, 0) is 104 Å². The van der Waals surface area contributed by atoms with Crippen LogP contribution >= 0.6 is 39.9 Å². The van der Waals surface area contributed by atoms with Crippen molar-refractivity contribution in [1.29, 1.82) is 0 Å². The molecule has 3 aliphatic rings. The molecule has 0 saturated carbocycles. The summed E-state index contributed by atoms with van der Waals surface area (Å²) >= 11 is 7.85. The van der Waals surface area contributed by atoms with Gasteiger partial charge in [0.2, 0.25) is 28.9 Å². The van der Waals surface area contributed by atoms with Crippen molar-refractivity contribution in [2.75, 3.05) is 68.3 Å². The Balaban J connectivity index is -0.000000580. The second-order valence-corrected chi connectivity index (χ2v) is 27.2. The first-order valence-electron chi connectivity index (χ1n) is 31.9. The molecule has 0 aromatic heterocycles. The number of anilines is 7. The zero-order valence-electron chi connectivity index (χ0n) is 63.4. The largest absolute Gasteiger partial charge is 0.481 e. The van der Waals surface area contributed by atoms with Gasteiger partial charge in [0.1, 0.15) is 0 Å². The molecule has 0 aliphatic carbocycles. The molecule has 0 spiro atoms. The van der Waals surface area contributed by atoms with Crippen LogP contribution in [0.5, 0.6) is 0 Å². The normalized spacial score (nSPS) is 12.1. The quantitative estimate of drug-likeness (QED) is 0.0141. The van der Waals surface area contributed by atoms with Crippen LogP contribution in [0.15, 0.2) is 133 Å². The van der Waals surface area contributed by atoms with Crippen LogP contribution in [0.3, 0.4) is 0 Å². The Morgan fingerprint density at radius 3 is 1.26 bits per heavy atom. The van der Waals surface area contributed by atoms with E-state index in [1.165, 1.54) is 92.3 Å². The van der Waals surface area contributed by atoms with Crippen molar-refractivity contribution in [3.05, 3.63) is 217 Å². The zero-order valence-corrected chi connectivity index (χ0v) is 68.1. The second kappa shape index (κ2) is 48.0. The van der Waals surface area contributed by atoms with Crippen LogP contribution in [0.4, 0.5) is 68.2 Å². The number of carbonyl (C=O) groups excluding carboxylic acids is 5. The summed E-state index contributed by atoms with van der Waals surface area (Å²) in [6.07, 6.45) is 0. The minimum Gasteiger partial charge on any atom is -0.481 e. The van der Waals surface area contributed by atoms with Gasteiger partial charge in [0.25, 0.3) is 40.4 Å². The van der Waals surface area contributed by atoms with Gasteiger partial charge in [0.15, 0.2) is 0 Å². The van der Waals surface area contributed by atoms with E-state index in [1.807, 2.05) is 58.9 Å². The van der Waals surface area contributed by atoms with Crippen LogP contribution in [0, 0.1) is 71.3 Å². The van der Waals surface area contributed by atoms with E-state index in [1.54, 1.807) is 67.0 Å². The molecule has 0 saturated heterocycles. The number of nitrogen functional groups attached to an aromatic ring is 2. The fourth-order valence-electron chi connectivity index (χ4n) is 9.69. The predicted octanol–water partition coefficient (Wildman–Crippen LogP) is 16.6. The average molecular weight is 1720 g/mol. The molecule has 31 nitrogen and oxygen atoms in total. The number of carbonyl (C=O) groups is 7. The molecule has 8 N–H and O–H groups in total. The van der Waals surface area contributed by atoms with Crippen LogP contribution in [-0.4, -0.2) is 107 Å². The van der Waals surface area contributed by atoms with Crippen LogP contribution in [-0.2, 0) is 70.2 Å².